The van der Waals surface area contributed by atoms with Crippen LogP contribution < -0.4 is 28.6 Å². The molecule has 0 aliphatic carbocycles. The maximum absolute atomic E-state index is 16.4. The highest BCUT2D eigenvalue weighted by molar-refractivity contribution is 7.89. The lowest BCUT2D eigenvalue weighted by atomic mass is 9.95. The molecule has 0 aliphatic heterocycles. The molecule has 7 aromatic carbocycles. The average molecular weight is 1090 g/mol. The van der Waals surface area contributed by atoms with Gasteiger partial charge in [-0.05, 0) is 132 Å². The number of para-hydroxylation sites is 1. The molecular weight excluding hydrogens is 1030 g/mol. The molecule has 0 spiro atoms. The molecule has 0 unspecified atom stereocenters. The van der Waals surface area contributed by atoms with Crippen LogP contribution in [0.25, 0.3) is 32.7 Å². The number of anilines is 1. The molecule has 0 radical (unpaired) electrons. The van der Waals surface area contributed by atoms with Crippen molar-refractivity contribution in [3.63, 3.8) is 0 Å². The molecule has 0 aliphatic rings. The van der Waals surface area contributed by atoms with Crippen LogP contribution in [0.3, 0.4) is 0 Å². The van der Waals surface area contributed by atoms with E-state index in [1.165, 1.54) is 20.4 Å². The molecule has 78 heavy (non-hydrogen) atoms. The van der Waals surface area contributed by atoms with E-state index in [1.807, 2.05) is 121 Å². The Hall–Kier alpha value is -8.32. The topological polar surface area (TPSA) is 170 Å². The number of hydrogen-bond acceptors (Lipinski definition) is 15. The van der Waals surface area contributed by atoms with Crippen LogP contribution in [0.1, 0.15) is 54.2 Å². The zero-order valence-corrected chi connectivity index (χ0v) is 46.4. The van der Waals surface area contributed by atoms with E-state index >= 15 is 8.42 Å². The first-order valence-corrected chi connectivity index (χ1v) is 27.3. The number of benzene rings is 7. The van der Waals surface area contributed by atoms with Crippen LogP contribution in [0.4, 0.5) is 5.13 Å². The second-order valence-electron chi connectivity index (χ2n) is 19.4. The Kier molecular flexibility index (Phi) is 16.7. The van der Waals surface area contributed by atoms with Gasteiger partial charge in [0.2, 0.25) is 15.8 Å². The van der Waals surface area contributed by atoms with Crippen LogP contribution in [0.15, 0.2) is 157 Å². The summed E-state index contributed by atoms with van der Waals surface area (Å²) in [4.78, 5) is 22.9. The second kappa shape index (κ2) is 23.9. The summed E-state index contributed by atoms with van der Waals surface area (Å²) in [6, 6.07) is 47.2. The standard InChI is InChI=1S/C60H61N7O9S2/c1-60(2,3)76-54(68)34-45-22-33-51(52-10-9-11-53-56(52)61-59(77-53)65(35-40-12-23-46(71-4)24-13-40)36-41-14-25-47(72-5)26-15-41)55(58-62-64-67(63-58)39-44-20-31-50(75-8)32-21-44)57(45)78(69,70)66(37-42-16-27-48(73-6)28-17-42)38-43-18-29-49(74-7)30-19-43/h9-33H,34-39H2,1-8H3. The van der Waals surface area contributed by atoms with Crippen molar-refractivity contribution in [2.24, 2.45) is 0 Å². The molecule has 0 bridgehead atoms. The van der Waals surface area contributed by atoms with Gasteiger partial charge in [0.1, 0.15) is 34.3 Å². The molecule has 0 saturated carbocycles. The number of thiazole rings is 1. The Morgan fingerprint density at radius 3 is 1.50 bits per heavy atom. The Balaban J connectivity index is 1.26. The number of methoxy groups -OCH3 is 5. The number of ether oxygens (including phenoxy) is 6. The molecule has 2 aromatic heterocycles. The Morgan fingerprint density at radius 2 is 1.04 bits per heavy atom. The monoisotopic (exact) mass is 1090 g/mol. The smallest absolute Gasteiger partial charge is 0.310 e. The Bertz CT molecular complexity index is 3500. The lowest BCUT2D eigenvalue weighted by Crippen LogP contribution is -2.32. The predicted molar refractivity (Wildman–Crippen MR) is 302 cm³/mol. The highest BCUT2D eigenvalue weighted by Gasteiger charge is 2.36. The van der Waals surface area contributed by atoms with Gasteiger partial charge in [-0.1, -0.05) is 96.3 Å². The van der Waals surface area contributed by atoms with Crippen molar-refractivity contribution in [1.29, 1.82) is 0 Å². The van der Waals surface area contributed by atoms with Crippen LogP contribution in [0.5, 0.6) is 28.7 Å². The molecule has 0 atom stereocenters. The fourth-order valence-corrected chi connectivity index (χ4v) is 11.8. The second-order valence-corrected chi connectivity index (χ2v) is 22.3. The fourth-order valence-electron chi connectivity index (χ4n) is 8.95. The molecule has 0 amide bonds. The minimum Gasteiger partial charge on any atom is -0.497 e. The number of fused-ring (bicyclic) bond motifs is 1. The summed E-state index contributed by atoms with van der Waals surface area (Å²) in [5, 5.41) is 14.8. The number of tetrazole rings is 1. The van der Waals surface area contributed by atoms with Gasteiger partial charge in [-0.25, -0.2) is 13.4 Å². The zero-order chi connectivity index (χ0) is 55.0. The summed E-state index contributed by atoms with van der Waals surface area (Å²) in [6.07, 6.45) is -0.394. The lowest BCUT2D eigenvalue weighted by molar-refractivity contribution is -0.153. The highest BCUT2D eigenvalue weighted by Crippen LogP contribution is 2.44. The van der Waals surface area contributed by atoms with Crippen molar-refractivity contribution >= 4 is 42.7 Å². The van der Waals surface area contributed by atoms with E-state index in [1.54, 1.807) is 86.7 Å². The molecular formula is C60H61N7O9S2. The van der Waals surface area contributed by atoms with E-state index in [0.29, 0.717) is 58.1 Å². The first-order valence-electron chi connectivity index (χ1n) is 25.1. The number of aromatic nitrogens is 5. The number of nitrogens with zero attached hydrogens (tertiary/aromatic N) is 7. The normalized spacial score (nSPS) is 11.7. The van der Waals surface area contributed by atoms with Crippen molar-refractivity contribution in [3.05, 3.63) is 185 Å². The third-order valence-corrected chi connectivity index (χ3v) is 15.8. The maximum Gasteiger partial charge on any atom is 0.310 e. The van der Waals surface area contributed by atoms with Crippen LogP contribution in [-0.4, -0.2) is 85.0 Å². The van der Waals surface area contributed by atoms with Crippen LogP contribution in [0.2, 0.25) is 0 Å². The van der Waals surface area contributed by atoms with Gasteiger partial charge in [-0.3, -0.25) is 4.79 Å². The van der Waals surface area contributed by atoms with Gasteiger partial charge in [0, 0.05) is 31.7 Å². The van der Waals surface area contributed by atoms with Crippen molar-refractivity contribution in [2.75, 3.05) is 40.4 Å². The van der Waals surface area contributed by atoms with Gasteiger partial charge in [0.15, 0.2) is 5.13 Å². The third-order valence-electron chi connectivity index (χ3n) is 12.8. The number of rotatable bonds is 22. The largest absolute Gasteiger partial charge is 0.497 e. The predicted octanol–water partition coefficient (Wildman–Crippen LogP) is 11.2. The number of esters is 1. The zero-order valence-electron chi connectivity index (χ0n) is 44.8. The molecule has 0 saturated heterocycles. The van der Waals surface area contributed by atoms with Crippen molar-refractivity contribution in [1.82, 2.24) is 29.5 Å². The van der Waals surface area contributed by atoms with Gasteiger partial charge in [-0.2, -0.15) is 9.10 Å². The SMILES string of the molecule is COc1ccc(CN(Cc2ccc(OC)cc2)c2nc3c(-c4ccc(CC(=O)OC(C)(C)C)c(S(=O)(=O)N(Cc5ccc(OC)cc5)Cc5ccc(OC)cc5)c4-c4nnn(Cc5ccc(OC)cc5)n4)cccc3s2)cc1. The third kappa shape index (κ3) is 12.9. The first-order chi connectivity index (χ1) is 37.6. The molecule has 16 nitrogen and oxygen atoms in total. The van der Waals surface area contributed by atoms with E-state index in [0.717, 1.165) is 38.0 Å². The van der Waals surface area contributed by atoms with E-state index in [-0.39, 0.29) is 41.5 Å². The van der Waals surface area contributed by atoms with E-state index < -0.39 is 28.0 Å². The maximum atomic E-state index is 16.4. The van der Waals surface area contributed by atoms with Crippen LogP contribution >= 0.6 is 11.3 Å². The fraction of sp³-hybridized carbons (Fsp3) is 0.250. The van der Waals surface area contributed by atoms with Gasteiger partial charge in [-0.15, -0.1) is 10.2 Å². The first kappa shape index (κ1) is 54.5. The summed E-state index contributed by atoms with van der Waals surface area (Å²) in [6.45, 7) is 6.41. The Labute approximate surface area is 458 Å². The summed E-state index contributed by atoms with van der Waals surface area (Å²) in [5.41, 5.74) is 5.46. The van der Waals surface area contributed by atoms with E-state index in [9.17, 15) is 4.79 Å². The van der Waals surface area contributed by atoms with Gasteiger partial charge < -0.3 is 33.3 Å². The lowest BCUT2D eigenvalue weighted by Gasteiger charge is -2.27. The van der Waals surface area contributed by atoms with Crippen LogP contribution in [0, 0.1) is 0 Å². The van der Waals surface area contributed by atoms with Gasteiger partial charge in [0.25, 0.3) is 0 Å². The summed E-state index contributed by atoms with van der Waals surface area (Å²) >= 11 is 1.52. The van der Waals surface area contributed by atoms with E-state index in [2.05, 4.69) is 15.2 Å². The minimum atomic E-state index is -4.67. The van der Waals surface area contributed by atoms with Crippen molar-refractivity contribution in [2.45, 2.75) is 70.4 Å². The number of carbonyl (C=O) groups excluding carboxylic acids is 1. The molecule has 2 heterocycles. The van der Waals surface area contributed by atoms with Gasteiger partial charge >= 0.3 is 5.97 Å². The average Bonchev–Trinajstić information content (AvgIpc) is 4.20. The number of sulfonamides is 1. The van der Waals surface area contributed by atoms with Gasteiger partial charge in [0.05, 0.1) is 69.2 Å². The summed E-state index contributed by atoms with van der Waals surface area (Å²) in [5.74, 6) is 2.82. The summed E-state index contributed by atoms with van der Waals surface area (Å²) in [7, 11) is 3.37. The Morgan fingerprint density at radius 1 is 0.577 bits per heavy atom. The quantitative estimate of drug-likeness (QED) is 0.0587. The van der Waals surface area contributed by atoms with E-state index in [4.69, 9.17) is 38.5 Å². The highest BCUT2D eigenvalue weighted by atomic mass is 32.2. The molecule has 18 heteroatoms. The molecule has 0 N–H and O–H groups in total. The van der Waals surface area contributed by atoms with Crippen LogP contribution in [-0.2, 0) is 58.7 Å². The molecule has 9 aromatic rings. The molecule has 0 fully saturated rings. The summed E-state index contributed by atoms with van der Waals surface area (Å²) < 4.78 is 68.2. The molecule has 402 valence electrons. The minimum absolute atomic E-state index is 0.0186. The number of carbonyl (C=O) groups is 1. The van der Waals surface area contributed by atoms with Crippen molar-refractivity contribution in [3.8, 4) is 51.3 Å². The number of hydrogen-bond donors (Lipinski definition) is 0. The molecule has 9 rings (SSSR count). The van der Waals surface area contributed by atoms with Crippen molar-refractivity contribution < 1.29 is 41.6 Å².